The molecule has 1 aliphatic rings. The van der Waals surface area contributed by atoms with E-state index in [1.165, 1.54) is 19.5 Å². The summed E-state index contributed by atoms with van der Waals surface area (Å²) in [6.45, 7) is 4.23. The predicted octanol–water partition coefficient (Wildman–Crippen LogP) is 1.07. The van der Waals surface area contributed by atoms with E-state index in [-0.39, 0.29) is 0 Å². The molecular weight excluding hydrogens is 238 g/mol. The molecule has 0 aromatic carbocycles. The molecule has 0 radical (unpaired) electrons. The van der Waals surface area contributed by atoms with Crippen molar-refractivity contribution in [3.05, 3.63) is 30.5 Å². The van der Waals surface area contributed by atoms with Crippen molar-refractivity contribution in [1.29, 1.82) is 0 Å². The van der Waals surface area contributed by atoms with Crippen molar-refractivity contribution in [3.63, 3.8) is 0 Å². The van der Waals surface area contributed by atoms with E-state index in [1.807, 2.05) is 18.5 Å². The first kappa shape index (κ1) is 12.4. The van der Waals surface area contributed by atoms with Gasteiger partial charge in [0.2, 0.25) is 0 Å². The molecule has 1 atom stereocenters. The van der Waals surface area contributed by atoms with Gasteiger partial charge in [0, 0.05) is 30.9 Å². The number of nitrogens with one attached hydrogen (secondary N) is 1. The molecule has 0 bridgehead atoms. The predicted molar refractivity (Wildman–Crippen MR) is 74.6 cm³/mol. The number of nitrogens with zero attached hydrogens (tertiary/aromatic N) is 4. The third-order valence-electron chi connectivity index (χ3n) is 3.71. The Hall–Kier alpha value is -1.59. The van der Waals surface area contributed by atoms with Crippen LogP contribution in [0.25, 0.3) is 10.9 Å². The van der Waals surface area contributed by atoms with Crippen LogP contribution in [0.15, 0.2) is 24.8 Å². The smallest absolute Gasteiger partial charge is 0.116 e. The molecule has 3 rings (SSSR count). The zero-order chi connectivity index (χ0) is 13.1. The summed E-state index contributed by atoms with van der Waals surface area (Å²) in [6, 6.07) is 1.95. The van der Waals surface area contributed by atoms with Crippen molar-refractivity contribution in [3.8, 4) is 0 Å². The van der Waals surface area contributed by atoms with Gasteiger partial charge < -0.3 is 10.2 Å². The summed E-state index contributed by atoms with van der Waals surface area (Å²) in [5, 5.41) is 4.56. The van der Waals surface area contributed by atoms with Gasteiger partial charge in [0.25, 0.3) is 0 Å². The lowest BCUT2D eigenvalue weighted by molar-refractivity contribution is 0.388. The summed E-state index contributed by atoms with van der Waals surface area (Å²) in [7, 11) is 2.18. The third kappa shape index (κ3) is 2.88. The molecule has 0 saturated carbocycles. The molecule has 2 aromatic rings. The lowest BCUT2D eigenvalue weighted by Gasteiger charge is -2.11. The summed E-state index contributed by atoms with van der Waals surface area (Å²) in [6.07, 6.45) is 6.53. The lowest BCUT2D eigenvalue weighted by Crippen LogP contribution is -2.25. The monoisotopic (exact) mass is 257 g/mol. The Labute approximate surface area is 113 Å². The summed E-state index contributed by atoms with van der Waals surface area (Å²) >= 11 is 0. The summed E-state index contributed by atoms with van der Waals surface area (Å²) in [5.74, 6) is 0.759. The quantitative estimate of drug-likeness (QED) is 0.888. The number of fused-ring (bicyclic) bond motifs is 1. The second-order valence-corrected chi connectivity index (χ2v) is 5.27. The maximum Gasteiger partial charge on any atom is 0.116 e. The highest BCUT2D eigenvalue weighted by Gasteiger charge is 2.18. The second kappa shape index (κ2) is 5.59. The van der Waals surface area contributed by atoms with Gasteiger partial charge in [-0.25, -0.2) is 9.97 Å². The SMILES string of the molecule is CN1CCC(CNCc2nccc3cncnc23)C1. The van der Waals surface area contributed by atoms with Crippen LogP contribution in [-0.4, -0.2) is 46.5 Å². The van der Waals surface area contributed by atoms with Gasteiger partial charge in [-0.1, -0.05) is 0 Å². The molecule has 1 unspecified atom stereocenters. The van der Waals surface area contributed by atoms with Crippen LogP contribution in [0.2, 0.25) is 0 Å². The molecule has 0 amide bonds. The Kier molecular flexibility index (Phi) is 3.66. The first-order chi connectivity index (χ1) is 9.33. The fraction of sp³-hybridized carbons (Fsp3) is 0.500. The van der Waals surface area contributed by atoms with Crippen molar-refractivity contribution >= 4 is 10.9 Å². The molecule has 0 aliphatic carbocycles. The molecule has 19 heavy (non-hydrogen) atoms. The Balaban J connectivity index is 1.62. The first-order valence-corrected chi connectivity index (χ1v) is 6.76. The minimum atomic E-state index is 0.759. The Morgan fingerprint density at radius 1 is 1.42 bits per heavy atom. The number of hydrogen-bond donors (Lipinski definition) is 1. The van der Waals surface area contributed by atoms with E-state index in [1.54, 1.807) is 6.33 Å². The van der Waals surface area contributed by atoms with Crippen LogP contribution >= 0.6 is 0 Å². The number of rotatable bonds is 4. The Morgan fingerprint density at radius 2 is 2.37 bits per heavy atom. The van der Waals surface area contributed by atoms with Crippen molar-refractivity contribution in [2.75, 3.05) is 26.7 Å². The van der Waals surface area contributed by atoms with E-state index >= 15 is 0 Å². The minimum absolute atomic E-state index is 0.759. The van der Waals surface area contributed by atoms with Crippen LogP contribution in [-0.2, 0) is 6.54 Å². The van der Waals surface area contributed by atoms with Crippen molar-refractivity contribution < 1.29 is 0 Å². The van der Waals surface area contributed by atoms with Gasteiger partial charge >= 0.3 is 0 Å². The highest BCUT2D eigenvalue weighted by atomic mass is 15.1. The molecule has 1 N–H and O–H groups in total. The highest BCUT2D eigenvalue weighted by Crippen LogP contribution is 2.14. The van der Waals surface area contributed by atoms with Gasteiger partial charge in [0.15, 0.2) is 0 Å². The largest absolute Gasteiger partial charge is 0.311 e. The van der Waals surface area contributed by atoms with E-state index in [9.17, 15) is 0 Å². The van der Waals surface area contributed by atoms with Gasteiger partial charge in [-0.15, -0.1) is 0 Å². The molecule has 0 spiro atoms. The highest BCUT2D eigenvalue weighted by molar-refractivity contribution is 5.78. The minimum Gasteiger partial charge on any atom is -0.311 e. The van der Waals surface area contributed by atoms with Gasteiger partial charge in [0.05, 0.1) is 11.2 Å². The number of aromatic nitrogens is 3. The standard InChI is InChI=1S/C14H19N5/c1-19-5-3-11(9-19)6-15-8-13-14-12(2-4-17-13)7-16-10-18-14/h2,4,7,10-11,15H,3,5-6,8-9H2,1H3. The van der Waals surface area contributed by atoms with Crippen LogP contribution in [0.1, 0.15) is 12.1 Å². The number of pyridine rings is 1. The van der Waals surface area contributed by atoms with E-state index in [4.69, 9.17) is 0 Å². The molecule has 2 aromatic heterocycles. The Bertz CT molecular complexity index is 551. The molecule has 3 heterocycles. The average molecular weight is 257 g/mol. The van der Waals surface area contributed by atoms with E-state index in [0.29, 0.717) is 0 Å². The fourth-order valence-corrected chi connectivity index (χ4v) is 2.69. The van der Waals surface area contributed by atoms with Crippen LogP contribution in [0.5, 0.6) is 0 Å². The average Bonchev–Trinajstić information content (AvgIpc) is 2.85. The van der Waals surface area contributed by atoms with Crippen LogP contribution in [0.4, 0.5) is 0 Å². The molecule has 1 fully saturated rings. The summed E-state index contributed by atoms with van der Waals surface area (Å²) in [4.78, 5) is 15.2. The van der Waals surface area contributed by atoms with Gasteiger partial charge in [0.1, 0.15) is 6.33 Å². The normalized spacial score (nSPS) is 20.2. The first-order valence-electron chi connectivity index (χ1n) is 6.76. The zero-order valence-corrected chi connectivity index (χ0v) is 11.2. The fourth-order valence-electron chi connectivity index (χ4n) is 2.69. The second-order valence-electron chi connectivity index (χ2n) is 5.27. The van der Waals surface area contributed by atoms with Crippen molar-refractivity contribution in [2.24, 2.45) is 5.92 Å². The lowest BCUT2D eigenvalue weighted by atomic mass is 10.1. The summed E-state index contributed by atoms with van der Waals surface area (Å²) in [5.41, 5.74) is 1.96. The van der Waals surface area contributed by atoms with E-state index < -0.39 is 0 Å². The molecular formula is C14H19N5. The maximum atomic E-state index is 4.42. The van der Waals surface area contributed by atoms with Gasteiger partial charge in [-0.3, -0.25) is 4.98 Å². The Morgan fingerprint density at radius 3 is 3.21 bits per heavy atom. The van der Waals surface area contributed by atoms with Gasteiger partial charge in [-0.05, 0) is 38.5 Å². The van der Waals surface area contributed by atoms with Crippen LogP contribution < -0.4 is 5.32 Å². The van der Waals surface area contributed by atoms with E-state index in [0.717, 1.165) is 35.6 Å². The van der Waals surface area contributed by atoms with Gasteiger partial charge in [-0.2, -0.15) is 0 Å². The molecule has 5 heteroatoms. The molecule has 1 aliphatic heterocycles. The zero-order valence-electron chi connectivity index (χ0n) is 11.2. The molecule has 100 valence electrons. The van der Waals surface area contributed by atoms with Crippen molar-refractivity contribution in [1.82, 2.24) is 25.2 Å². The van der Waals surface area contributed by atoms with Crippen molar-refractivity contribution in [2.45, 2.75) is 13.0 Å². The molecule has 5 nitrogen and oxygen atoms in total. The number of hydrogen-bond acceptors (Lipinski definition) is 5. The summed E-state index contributed by atoms with van der Waals surface area (Å²) < 4.78 is 0. The van der Waals surface area contributed by atoms with E-state index in [2.05, 4.69) is 32.2 Å². The van der Waals surface area contributed by atoms with Crippen LogP contribution in [0, 0.1) is 5.92 Å². The molecule has 1 saturated heterocycles. The van der Waals surface area contributed by atoms with Crippen LogP contribution in [0.3, 0.4) is 0 Å². The number of likely N-dealkylation sites (tertiary alicyclic amines) is 1. The maximum absolute atomic E-state index is 4.42. The third-order valence-corrected chi connectivity index (χ3v) is 3.71. The topological polar surface area (TPSA) is 53.9 Å².